The van der Waals surface area contributed by atoms with Gasteiger partial charge in [-0.1, -0.05) is 0 Å². The Balaban J connectivity index is 2.00. The SMILES string of the molecule is Nc1c(C(=O)N2CCCC2CO)sc2nccnc12. The van der Waals surface area contributed by atoms with Crippen molar-refractivity contribution >= 4 is 33.3 Å². The molecule has 19 heavy (non-hydrogen) atoms. The van der Waals surface area contributed by atoms with E-state index in [0.717, 1.165) is 12.8 Å². The maximum Gasteiger partial charge on any atom is 0.266 e. The van der Waals surface area contributed by atoms with Crippen molar-refractivity contribution in [1.82, 2.24) is 14.9 Å². The number of hydrogen-bond acceptors (Lipinski definition) is 6. The molecule has 6 nitrogen and oxygen atoms in total. The standard InChI is InChI=1S/C12H14N4O2S/c13-8-9-11(15-4-3-14-9)19-10(8)12(18)16-5-1-2-7(16)6-17/h3-4,7,17H,1-2,5-6,13H2. The molecule has 100 valence electrons. The van der Waals surface area contributed by atoms with E-state index in [2.05, 4.69) is 9.97 Å². The highest BCUT2D eigenvalue weighted by molar-refractivity contribution is 7.21. The number of hydrogen-bond donors (Lipinski definition) is 2. The van der Waals surface area contributed by atoms with Crippen LogP contribution in [0, 0.1) is 0 Å². The Morgan fingerprint density at radius 1 is 1.53 bits per heavy atom. The summed E-state index contributed by atoms with van der Waals surface area (Å²) in [5, 5.41) is 9.29. The fourth-order valence-electron chi connectivity index (χ4n) is 2.43. The van der Waals surface area contributed by atoms with E-state index >= 15 is 0 Å². The van der Waals surface area contributed by atoms with Gasteiger partial charge in [0.2, 0.25) is 0 Å². The second-order valence-electron chi connectivity index (χ2n) is 4.53. The zero-order chi connectivity index (χ0) is 13.4. The van der Waals surface area contributed by atoms with E-state index in [-0.39, 0.29) is 18.6 Å². The van der Waals surface area contributed by atoms with E-state index in [1.807, 2.05) is 0 Å². The Morgan fingerprint density at radius 2 is 2.32 bits per heavy atom. The molecule has 3 rings (SSSR count). The normalized spacial score (nSPS) is 19.2. The molecule has 1 aliphatic rings. The minimum Gasteiger partial charge on any atom is -0.396 e. The van der Waals surface area contributed by atoms with Crippen LogP contribution in [0.2, 0.25) is 0 Å². The number of anilines is 1. The van der Waals surface area contributed by atoms with Gasteiger partial charge in [-0.25, -0.2) is 9.97 Å². The molecule has 2 aromatic heterocycles. The minimum absolute atomic E-state index is 0.00690. The first-order valence-electron chi connectivity index (χ1n) is 6.13. The van der Waals surface area contributed by atoms with Crippen molar-refractivity contribution in [3.05, 3.63) is 17.3 Å². The average molecular weight is 278 g/mol. The van der Waals surface area contributed by atoms with Gasteiger partial charge in [0.15, 0.2) is 0 Å². The van der Waals surface area contributed by atoms with E-state index in [9.17, 15) is 9.90 Å². The van der Waals surface area contributed by atoms with Crippen LogP contribution in [0.25, 0.3) is 10.3 Å². The van der Waals surface area contributed by atoms with Crippen molar-refractivity contribution in [3.63, 3.8) is 0 Å². The topological polar surface area (TPSA) is 92.3 Å². The van der Waals surface area contributed by atoms with Gasteiger partial charge in [-0.3, -0.25) is 4.79 Å². The maximum atomic E-state index is 12.5. The number of fused-ring (bicyclic) bond motifs is 1. The van der Waals surface area contributed by atoms with Crippen LogP contribution in [-0.4, -0.2) is 45.1 Å². The molecule has 1 fully saturated rings. The quantitative estimate of drug-likeness (QED) is 0.850. The highest BCUT2D eigenvalue weighted by Gasteiger charge is 2.31. The molecule has 0 aromatic carbocycles. The number of rotatable bonds is 2. The molecule has 1 saturated heterocycles. The van der Waals surface area contributed by atoms with Crippen molar-refractivity contribution in [2.45, 2.75) is 18.9 Å². The van der Waals surface area contributed by atoms with Crippen LogP contribution in [-0.2, 0) is 0 Å². The average Bonchev–Trinajstić information content (AvgIpc) is 3.03. The van der Waals surface area contributed by atoms with Gasteiger partial charge in [0.25, 0.3) is 5.91 Å². The lowest BCUT2D eigenvalue weighted by molar-refractivity contribution is 0.0683. The van der Waals surface area contributed by atoms with Crippen LogP contribution in [0.15, 0.2) is 12.4 Å². The second kappa shape index (κ2) is 4.75. The zero-order valence-corrected chi connectivity index (χ0v) is 11.1. The van der Waals surface area contributed by atoms with E-state index in [1.165, 1.54) is 11.3 Å². The lowest BCUT2D eigenvalue weighted by Gasteiger charge is -2.22. The minimum atomic E-state index is -0.126. The number of amides is 1. The summed E-state index contributed by atoms with van der Waals surface area (Å²) in [6.45, 7) is 0.658. The Labute approximate surface area is 113 Å². The molecular weight excluding hydrogens is 264 g/mol. The number of aliphatic hydroxyl groups is 1. The second-order valence-corrected chi connectivity index (χ2v) is 5.53. The number of nitrogens with zero attached hydrogens (tertiary/aromatic N) is 3. The summed E-state index contributed by atoms with van der Waals surface area (Å²) in [6.07, 6.45) is 4.90. The van der Waals surface area contributed by atoms with Gasteiger partial charge in [0, 0.05) is 18.9 Å². The summed E-state index contributed by atoms with van der Waals surface area (Å²) in [6, 6.07) is -0.0990. The monoisotopic (exact) mass is 278 g/mol. The lowest BCUT2D eigenvalue weighted by atomic mass is 10.2. The van der Waals surface area contributed by atoms with E-state index in [1.54, 1.807) is 17.3 Å². The number of carbonyl (C=O) groups is 1. The summed E-state index contributed by atoms with van der Waals surface area (Å²) in [5.41, 5.74) is 6.96. The summed E-state index contributed by atoms with van der Waals surface area (Å²) in [4.78, 5) is 23.7. The Morgan fingerprint density at radius 3 is 3.05 bits per heavy atom. The lowest BCUT2D eigenvalue weighted by Crippen LogP contribution is -2.37. The maximum absolute atomic E-state index is 12.5. The summed E-state index contributed by atoms with van der Waals surface area (Å²) < 4.78 is 0. The molecule has 7 heteroatoms. The molecule has 3 N–H and O–H groups in total. The number of aliphatic hydroxyl groups excluding tert-OH is 1. The highest BCUT2D eigenvalue weighted by Crippen LogP contribution is 2.33. The largest absolute Gasteiger partial charge is 0.396 e. The number of carbonyl (C=O) groups excluding carboxylic acids is 1. The van der Waals surface area contributed by atoms with Crippen LogP contribution < -0.4 is 5.73 Å². The van der Waals surface area contributed by atoms with E-state index in [0.29, 0.717) is 27.5 Å². The fourth-order valence-corrected chi connectivity index (χ4v) is 3.40. The summed E-state index contributed by atoms with van der Waals surface area (Å²) >= 11 is 1.26. The first-order valence-corrected chi connectivity index (χ1v) is 6.95. The molecular formula is C12H14N4O2S. The van der Waals surface area contributed by atoms with Crippen LogP contribution in [0.1, 0.15) is 22.5 Å². The van der Waals surface area contributed by atoms with Crippen molar-refractivity contribution in [2.75, 3.05) is 18.9 Å². The molecule has 2 aromatic rings. The molecule has 0 aliphatic carbocycles. The smallest absolute Gasteiger partial charge is 0.266 e. The van der Waals surface area contributed by atoms with Gasteiger partial charge in [0.1, 0.15) is 15.2 Å². The van der Waals surface area contributed by atoms with Gasteiger partial charge < -0.3 is 15.7 Å². The molecule has 0 radical (unpaired) electrons. The van der Waals surface area contributed by atoms with Gasteiger partial charge in [0.05, 0.1) is 18.3 Å². The Bertz CT molecular complexity index is 627. The molecule has 1 unspecified atom stereocenters. The van der Waals surface area contributed by atoms with Gasteiger partial charge in [-0.05, 0) is 12.8 Å². The first kappa shape index (κ1) is 12.3. The molecule has 1 atom stereocenters. The molecule has 1 aliphatic heterocycles. The van der Waals surface area contributed by atoms with Gasteiger partial charge in [-0.15, -0.1) is 11.3 Å². The Kier molecular flexibility index (Phi) is 3.08. The third kappa shape index (κ3) is 1.95. The number of aromatic nitrogens is 2. The van der Waals surface area contributed by atoms with Crippen LogP contribution in [0.4, 0.5) is 5.69 Å². The third-order valence-electron chi connectivity index (χ3n) is 3.41. The number of likely N-dealkylation sites (tertiary alicyclic amines) is 1. The van der Waals surface area contributed by atoms with Crippen LogP contribution in [0.5, 0.6) is 0 Å². The predicted octanol–water partition coefficient (Wildman–Crippen LogP) is 0.870. The molecule has 0 bridgehead atoms. The number of thiophene rings is 1. The zero-order valence-electron chi connectivity index (χ0n) is 10.2. The van der Waals surface area contributed by atoms with Gasteiger partial charge in [-0.2, -0.15) is 0 Å². The van der Waals surface area contributed by atoms with E-state index < -0.39 is 0 Å². The Hall–Kier alpha value is -1.73. The van der Waals surface area contributed by atoms with E-state index in [4.69, 9.17) is 5.73 Å². The van der Waals surface area contributed by atoms with Gasteiger partial charge >= 0.3 is 0 Å². The van der Waals surface area contributed by atoms with Crippen molar-refractivity contribution in [2.24, 2.45) is 0 Å². The third-order valence-corrected chi connectivity index (χ3v) is 4.50. The summed E-state index contributed by atoms with van der Waals surface area (Å²) in [7, 11) is 0. The molecule has 0 saturated carbocycles. The fraction of sp³-hybridized carbons (Fsp3) is 0.417. The highest BCUT2D eigenvalue weighted by atomic mass is 32.1. The predicted molar refractivity (Wildman–Crippen MR) is 73.0 cm³/mol. The molecule has 3 heterocycles. The summed E-state index contributed by atoms with van der Waals surface area (Å²) in [5.74, 6) is -0.126. The van der Waals surface area contributed by atoms with Crippen molar-refractivity contribution < 1.29 is 9.90 Å². The molecule has 0 spiro atoms. The van der Waals surface area contributed by atoms with Crippen molar-refractivity contribution in [1.29, 1.82) is 0 Å². The number of nitrogens with two attached hydrogens (primary N) is 1. The first-order chi connectivity index (χ1) is 9.22. The van der Waals surface area contributed by atoms with Crippen molar-refractivity contribution in [3.8, 4) is 0 Å². The van der Waals surface area contributed by atoms with Crippen LogP contribution >= 0.6 is 11.3 Å². The number of nitrogen functional groups attached to an aromatic ring is 1. The van der Waals surface area contributed by atoms with Crippen LogP contribution in [0.3, 0.4) is 0 Å². The molecule has 1 amide bonds.